The van der Waals surface area contributed by atoms with Crippen LogP contribution in [0.15, 0.2) is 71.3 Å². The zero-order chi connectivity index (χ0) is 24.1. The summed E-state index contributed by atoms with van der Waals surface area (Å²) in [5.41, 5.74) is 1.72. The van der Waals surface area contributed by atoms with Crippen LogP contribution in [0.2, 0.25) is 5.02 Å². The lowest BCUT2D eigenvalue weighted by atomic mass is 10.0. The molecule has 7 nitrogen and oxygen atoms in total. The number of quaternary nitrogens is 1. The first-order valence-corrected chi connectivity index (χ1v) is 11.5. The minimum atomic E-state index is -1.61. The predicted octanol–water partition coefficient (Wildman–Crippen LogP) is 3.86. The largest absolute Gasteiger partial charge is 0.491 e. The van der Waals surface area contributed by atoms with Gasteiger partial charge in [-0.2, -0.15) is 5.48 Å². The van der Waals surface area contributed by atoms with Crippen molar-refractivity contribution in [3.8, 4) is 5.75 Å². The summed E-state index contributed by atoms with van der Waals surface area (Å²) < 4.78 is 21.3. The van der Waals surface area contributed by atoms with Crippen molar-refractivity contribution in [2.45, 2.75) is 38.2 Å². The lowest BCUT2D eigenvalue weighted by Gasteiger charge is -2.13. The second-order valence-corrected chi connectivity index (χ2v) is 8.26. The number of carbonyl (C=O) groups excluding carboxylic acids is 1. The number of ether oxygens (including phenoxy) is 1. The molecule has 0 aliphatic carbocycles. The highest BCUT2D eigenvalue weighted by Crippen LogP contribution is 2.26. The average Bonchev–Trinajstić information content (AvgIpc) is 2.78. The molecule has 174 valence electrons. The number of halogens is 1. The predicted molar refractivity (Wildman–Crippen MR) is 127 cm³/mol. The quantitative estimate of drug-likeness (QED) is 0.178. The number of hydroxylamine groups is 1. The molecule has 5 N–H and O–H groups in total. The van der Waals surface area contributed by atoms with E-state index < -0.39 is 11.0 Å². The van der Waals surface area contributed by atoms with E-state index in [0.717, 1.165) is 19.0 Å². The fourth-order valence-corrected chi connectivity index (χ4v) is 3.60. The minimum Gasteiger partial charge on any atom is -0.491 e. The summed E-state index contributed by atoms with van der Waals surface area (Å²) in [6.45, 7) is 5.80. The molecule has 0 saturated carbocycles. The standard InChI is InChI=1S/C22H25ClN2O4S.CH4O/c1-4-5-6-16(14-24-27)22(26)20-13-17(23)7-12-21(20)25-30(28)19-10-8-18(9-11-19)29-15(2)3;1-2/h5-15,24-25,27H,4H2,1-3H3;2H,1H3/p+1/b6-5-,16-14+;. The Labute approximate surface area is 196 Å². The van der Waals surface area contributed by atoms with E-state index in [1.165, 1.54) is 12.3 Å². The van der Waals surface area contributed by atoms with Crippen molar-refractivity contribution < 1.29 is 29.5 Å². The van der Waals surface area contributed by atoms with Crippen molar-refractivity contribution in [1.29, 1.82) is 0 Å². The molecule has 0 aliphatic heterocycles. The molecular formula is C23H30ClN2O5S+. The molecule has 2 aromatic rings. The minimum absolute atomic E-state index is 0.0438. The van der Waals surface area contributed by atoms with E-state index in [9.17, 15) is 9.00 Å². The summed E-state index contributed by atoms with van der Waals surface area (Å²) in [7, 11) is -0.607. The number of nitrogens with two attached hydrogens (primary N) is 1. The number of ketones is 1. The number of nitrogens with one attached hydrogen (secondary N) is 1. The first-order valence-electron chi connectivity index (χ1n) is 9.94. The Morgan fingerprint density at radius 3 is 2.44 bits per heavy atom. The third-order valence-corrected chi connectivity index (χ3v) is 5.23. The number of aliphatic hydroxyl groups excluding tert-OH is 1. The van der Waals surface area contributed by atoms with Gasteiger partial charge in [0.15, 0.2) is 0 Å². The summed E-state index contributed by atoms with van der Waals surface area (Å²) in [6, 6.07) is 11.6. The number of carbonyl (C=O) groups is 1. The third kappa shape index (κ3) is 8.57. The van der Waals surface area contributed by atoms with Crippen LogP contribution in [-0.2, 0) is 11.0 Å². The van der Waals surface area contributed by atoms with Gasteiger partial charge in [-0.3, -0.25) is 4.79 Å². The molecule has 0 aliphatic rings. The van der Waals surface area contributed by atoms with Crippen LogP contribution in [0.4, 0.5) is 5.69 Å². The Morgan fingerprint density at radius 2 is 1.88 bits per heavy atom. The lowest BCUT2D eigenvalue weighted by molar-refractivity contribution is -0.838. The van der Waals surface area contributed by atoms with Crippen molar-refractivity contribution >= 4 is 34.1 Å². The van der Waals surface area contributed by atoms with Crippen LogP contribution in [0.25, 0.3) is 0 Å². The molecule has 2 aromatic carbocycles. The maximum absolute atomic E-state index is 13.0. The molecule has 32 heavy (non-hydrogen) atoms. The fourth-order valence-electron chi connectivity index (χ4n) is 2.55. The number of rotatable bonds is 10. The molecule has 2 rings (SSSR count). The zero-order valence-electron chi connectivity index (χ0n) is 18.5. The molecular weight excluding hydrogens is 452 g/mol. The van der Waals surface area contributed by atoms with Gasteiger partial charge >= 0.3 is 0 Å². The van der Waals surface area contributed by atoms with Crippen molar-refractivity contribution in [2.24, 2.45) is 0 Å². The van der Waals surface area contributed by atoms with Crippen LogP contribution in [-0.4, -0.2) is 33.5 Å². The zero-order valence-corrected chi connectivity index (χ0v) is 20.1. The summed E-state index contributed by atoms with van der Waals surface area (Å²) >= 11 is 6.09. The molecule has 0 bridgehead atoms. The highest BCUT2D eigenvalue weighted by molar-refractivity contribution is 7.86. The van der Waals surface area contributed by atoms with Crippen molar-refractivity contribution in [2.75, 3.05) is 11.8 Å². The number of anilines is 1. The van der Waals surface area contributed by atoms with Gasteiger partial charge in [0, 0.05) is 17.7 Å². The molecule has 0 saturated heterocycles. The SMILES string of the molecule is CC/C=C\C(=C/[NH2+]O)C(=O)c1cc(Cl)ccc1NS(=O)c1ccc(OC(C)C)cc1.CO. The van der Waals surface area contributed by atoms with E-state index in [1.54, 1.807) is 42.5 Å². The summed E-state index contributed by atoms with van der Waals surface area (Å²) in [5, 5.41) is 16.5. The van der Waals surface area contributed by atoms with E-state index in [4.69, 9.17) is 26.7 Å². The smallest absolute Gasteiger partial charge is 0.200 e. The number of hydrogen-bond acceptors (Lipinski definition) is 5. The van der Waals surface area contributed by atoms with Crippen LogP contribution < -0.4 is 14.9 Å². The molecule has 0 heterocycles. The number of Topliss-reactive ketones (excluding diaryl/α,β-unsaturated/α-hetero) is 1. The van der Waals surface area contributed by atoms with Gasteiger partial charge in [0.25, 0.3) is 0 Å². The summed E-state index contributed by atoms with van der Waals surface area (Å²) in [6.07, 6.45) is 5.52. The first kappa shape index (κ1) is 27.5. The Morgan fingerprint density at radius 1 is 1.22 bits per heavy atom. The Bertz CT molecular complexity index is 959. The molecule has 0 fully saturated rings. The van der Waals surface area contributed by atoms with E-state index in [2.05, 4.69) is 4.72 Å². The van der Waals surface area contributed by atoms with E-state index in [1.807, 2.05) is 26.8 Å². The number of hydrogen-bond donors (Lipinski definition) is 4. The van der Waals surface area contributed by atoms with Gasteiger partial charge < -0.3 is 14.6 Å². The molecule has 1 atom stereocenters. The maximum Gasteiger partial charge on any atom is 0.200 e. The number of benzene rings is 2. The highest BCUT2D eigenvalue weighted by Gasteiger charge is 2.18. The molecule has 0 amide bonds. The normalized spacial score (nSPS) is 12.3. The van der Waals surface area contributed by atoms with E-state index >= 15 is 0 Å². The van der Waals surface area contributed by atoms with Gasteiger partial charge in [-0.15, -0.1) is 0 Å². The summed E-state index contributed by atoms with van der Waals surface area (Å²) in [5.74, 6) is 0.332. The molecule has 0 radical (unpaired) electrons. The van der Waals surface area contributed by atoms with Crippen LogP contribution in [0, 0.1) is 0 Å². The summed E-state index contributed by atoms with van der Waals surface area (Å²) in [4.78, 5) is 13.5. The fraction of sp³-hybridized carbons (Fsp3) is 0.261. The average molecular weight is 482 g/mol. The van der Waals surface area contributed by atoms with Crippen LogP contribution in [0.3, 0.4) is 0 Å². The topological polar surface area (TPSA) is 112 Å². The third-order valence-electron chi connectivity index (χ3n) is 3.89. The second kappa shape index (κ2) is 14.5. The van der Waals surface area contributed by atoms with Gasteiger partial charge in [0.05, 0.1) is 22.3 Å². The van der Waals surface area contributed by atoms with Crippen LogP contribution >= 0.6 is 11.6 Å². The van der Waals surface area contributed by atoms with Crippen LogP contribution in [0.1, 0.15) is 37.6 Å². The Kier molecular flexibility index (Phi) is 12.5. The number of allylic oxidation sites excluding steroid dienone is 3. The first-order chi connectivity index (χ1) is 15.3. The van der Waals surface area contributed by atoms with Gasteiger partial charge in [-0.25, -0.2) is 9.42 Å². The highest BCUT2D eigenvalue weighted by atomic mass is 35.5. The molecule has 1 unspecified atom stereocenters. The Hall–Kier alpha value is -2.49. The van der Waals surface area contributed by atoms with Crippen molar-refractivity contribution in [3.05, 3.63) is 77.0 Å². The van der Waals surface area contributed by atoms with Crippen molar-refractivity contribution in [1.82, 2.24) is 0 Å². The van der Waals surface area contributed by atoms with Gasteiger partial charge in [-0.1, -0.05) is 24.6 Å². The van der Waals surface area contributed by atoms with E-state index in [-0.39, 0.29) is 23.0 Å². The second-order valence-electron chi connectivity index (χ2n) is 6.61. The molecule has 0 aromatic heterocycles. The van der Waals surface area contributed by atoms with Crippen LogP contribution in [0.5, 0.6) is 5.75 Å². The van der Waals surface area contributed by atoms with E-state index in [0.29, 0.717) is 21.4 Å². The van der Waals surface area contributed by atoms with Gasteiger partial charge in [0.1, 0.15) is 22.9 Å². The van der Waals surface area contributed by atoms with Gasteiger partial charge in [0.2, 0.25) is 5.78 Å². The monoisotopic (exact) mass is 481 g/mol. The Balaban J connectivity index is 0.00000249. The maximum atomic E-state index is 13.0. The molecule has 0 spiro atoms. The number of aliphatic hydroxyl groups is 1. The van der Waals surface area contributed by atoms with Crippen molar-refractivity contribution in [3.63, 3.8) is 0 Å². The lowest BCUT2D eigenvalue weighted by Crippen LogP contribution is -2.74. The molecule has 9 heteroatoms. The van der Waals surface area contributed by atoms with Gasteiger partial charge in [-0.05, 0) is 68.8 Å².